The van der Waals surface area contributed by atoms with Gasteiger partial charge in [0, 0.05) is 30.9 Å². The fourth-order valence-electron chi connectivity index (χ4n) is 2.22. The molecule has 0 aromatic heterocycles. The highest BCUT2D eigenvalue weighted by molar-refractivity contribution is 5.96. The molecule has 0 unspecified atom stereocenters. The molecule has 1 aromatic carbocycles. The number of nitrogens with one attached hydrogen (secondary N) is 1. The molecular formula is C16H20N2O5. The third-order valence-corrected chi connectivity index (χ3v) is 3.32. The van der Waals surface area contributed by atoms with Gasteiger partial charge >= 0.3 is 5.97 Å². The molecule has 1 saturated heterocycles. The fraction of sp³-hybridized carbons (Fsp3) is 0.438. The van der Waals surface area contributed by atoms with Crippen LogP contribution in [0.4, 0.5) is 11.4 Å². The molecule has 1 aliphatic heterocycles. The van der Waals surface area contributed by atoms with Crippen LogP contribution in [0.3, 0.4) is 0 Å². The monoisotopic (exact) mass is 320 g/mol. The summed E-state index contributed by atoms with van der Waals surface area (Å²) in [5, 5.41) is 2.62. The molecule has 23 heavy (non-hydrogen) atoms. The van der Waals surface area contributed by atoms with Crippen molar-refractivity contribution in [2.45, 2.75) is 19.8 Å². The number of esters is 1. The van der Waals surface area contributed by atoms with Crippen molar-refractivity contribution < 1.29 is 23.9 Å². The quantitative estimate of drug-likeness (QED) is 0.766. The zero-order valence-electron chi connectivity index (χ0n) is 13.0. The van der Waals surface area contributed by atoms with E-state index in [9.17, 15) is 14.4 Å². The summed E-state index contributed by atoms with van der Waals surface area (Å²) >= 11 is 0. The Morgan fingerprint density at radius 1 is 1.22 bits per heavy atom. The van der Waals surface area contributed by atoms with Crippen LogP contribution >= 0.6 is 0 Å². The molecule has 0 aliphatic carbocycles. The lowest BCUT2D eigenvalue weighted by molar-refractivity contribution is -0.151. The standard InChI is InChI=1S/C16H20N2O5/c1-2-22-11-16(21)23-10-14(19)17-12-5-7-13(8-6-12)18-9-3-4-15(18)20/h5-8H,2-4,9-11H2,1H3,(H,17,19). The molecule has 124 valence electrons. The van der Waals surface area contributed by atoms with Gasteiger partial charge in [-0.05, 0) is 37.6 Å². The Balaban J connectivity index is 1.80. The second-order valence-electron chi connectivity index (χ2n) is 5.04. The first-order chi connectivity index (χ1) is 11.1. The molecule has 0 atom stereocenters. The van der Waals surface area contributed by atoms with Gasteiger partial charge in [0.2, 0.25) is 5.91 Å². The average molecular weight is 320 g/mol. The third kappa shape index (κ3) is 5.07. The average Bonchev–Trinajstić information content (AvgIpc) is 2.98. The van der Waals surface area contributed by atoms with Crippen LogP contribution in [-0.4, -0.2) is 44.1 Å². The molecule has 2 amide bonds. The van der Waals surface area contributed by atoms with E-state index < -0.39 is 11.9 Å². The molecule has 0 saturated carbocycles. The van der Waals surface area contributed by atoms with Gasteiger partial charge in [-0.25, -0.2) is 4.79 Å². The Morgan fingerprint density at radius 3 is 2.57 bits per heavy atom. The van der Waals surface area contributed by atoms with E-state index >= 15 is 0 Å². The van der Waals surface area contributed by atoms with E-state index in [-0.39, 0.29) is 19.1 Å². The van der Waals surface area contributed by atoms with E-state index in [1.165, 1.54) is 0 Å². The Kier molecular flexibility index (Phi) is 6.10. The van der Waals surface area contributed by atoms with Crippen molar-refractivity contribution in [3.05, 3.63) is 24.3 Å². The first-order valence-electron chi connectivity index (χ1n) is 7.54. The Labute approximate surface area is 134 Å². The lowest BCUT2D eigenvalue weighted by Gasteiger charge is -2.16. The first kappa shape index (κ1) is 17.0. The normalized spacial score (nSPS) is 14.0. The smallest absolute Gasteiger partial charge is 0.332 e. The Bertz CT molecular complexity index is 570. The van der Waals surface area contributed by atoms with Crippen LogP contribution in [0.15, 0.2) is 24.3 Å². The second kappa shape index (κ2) is 8.28. The molecule has 0 bridgehead atoms. The maximum Gasteiger partial charge on any atom is 0.332 e. The zero-order valence-corrected chi connectivity index (χ0v) is 13.0. The van der Waals surface area contributed by atoms with E-state index in [1.54, 1.807) is 36.1 Å². The molecule has 1 aliphatic rings. The third-order valence-electron chi connectivity index (χ3n) is 3.32. The van der Waals surface area contributed by atoms with E-state index in [1.807, 2.05) is 0 Å². The highest BCUT2D eigenvalue weighted by Crippen LogP contribution is 2.22. The minimum Gasteiger partial charge on any atom is -0.454 e. The number of anilines is 2. The highest BCUT2D eigenvalue weighted by atomic mass is 16.6. The lowest BCUT2D eigenvalue weighted by Crippen LogP contribution is -2.24. The van der Waals surface area contributed by atoms with Gasteiger partial charge < -0.3 is 19.7 Å². The van der Waals surface area contributed by atoms with Gasteiger partial charge in [-0.15, -0.1) is 0 Å². The predicted octanol–water partition coefficient (Wildman–Crippen LogP) is 1.33. The Morgan fingerprint density at radius 2 is 1.96 bits per heavy atom. The van der Waals surface area contributed by atoms with E-state index in [0.717, 1.165) is 18.7 Å². The number of carbonyl (C=O) groups excluding carboxylic acids is 3. The maximum atomic E-state index is 11.7. The molecule has 1 heterocycles. The summed E-state index contributed by atoms with van der Waals surface area (Å²) in [6, 6.07) is 6.97. The van der Waals surface area contributed by atoms with Crippen molar-refractivity contribution in [3.8, 4) is 0 Å². The summed E-state index contributed by atoms with van der Waals surface area (Å²) in [5.41, 5.74) is 1.39. The molecule has 7 heteroatoms. The van der Waals surface area contributed by atoms with Crippen molar-refractivity contribution in [2.75, 3.05) is 36.6 Å². The first-order valence-corrected chi connectivity index (χ1v) is 7.54. The van der Waals surface area contributed by atoms with E-state index in [2.05, 4.69) is 5.32 Å². The number of amides is 2. The number of hydrogen-bond donors (Lipinski definition) is 1. The van der Waals surface area contributed by atoms with Gasteiger partial charge in [0.25, 0.3) is 5.91 Å². The topological polar surface area (TPSA) is 84.9 Å². The summed E-state index contributed by atoms with van der Waals surface area (Å²) in [6.07, 6.45) is 1.44. The lowest BCUT2D eigenvalue weighted by atomic mass is 10.2. The van der Waals surface area contributed by atoms with Crippen molar-refractivity contribution in [1.82, 2.24) is 0 Å². The van der Waals surface area contributed by atoms with Gasteiger partial charge in [0.1, 0.15) is 6.61 Å². The zero-order chi connectivity index (χ0) is 16.7. The number of ether oxygens (including phenoxy) is 2. The molecular weight excluding hydrogens is 300 g/mol. The fourth-order valence-corrected chi connectivity index (χ4v) is 2.22. The number of benzene rings is 1. The minimum absolute atomic E-state index is 0.114. The van der Waals surface area contributed by atoms with Crippen LogP contribution in [0.25, 0.3) is 0 Å². The van der Waals surface area contributed by atoms with Gasteiger partial charge in [-0.2, -0.15) is 0 Å². The van der Waals surface area contributed by atoms with Gasteiger partial charge in [-0.3, -0.25) is 9.59 Å². The van der Waals surface area contributed by atoms with Crippen LogP contribution in [-0.2, 0) is 23.9 Å². The summed E-state index contributed by atoms with van der Waals surface area (Å²) in [7, 11) is 0. The summed E-state index contributed by atoms with van der Waals surface area (Å²) in [5.74, 6) is -0.896. The summed E-state index contributed by atoms with van der Waals surface area (Å²) in [4.78, 5) is 36.3. The SMILES string of the molecule is CCOCC(=O)OCC(=O)Nc1ccc(N2CCCC2=O)cc1. The van der Waals surface area contributed by atoms with Crippen LogP contribution in [0.2, 0.25) is 0 Å². The molecule has 1 N–H and O–H groups in total. The molecule has 2 rings (SSSR count). The van der Waals surface area contributed by atoms with Crippen molar-refractivity contribution in [1.29, 1.82) is 0 Å². The van der Waals surface area contributed by atoms with Gasteiger partial charge in [-0.1, -0.05) is 0 Å². The Hall–Kier alpha value is -2.41. The molecule has 1 aromatic rings. The largest absolute Gasteiger partial charge is 0.454 e. The number of rotatable bonds is 7. The van der Waals surface area contributed by atoms with E-state index in [0.29, 0.717) is 18.7 Å². The van der Waals surface area contributed by atoms with Crippen LogP contribution in [0.1, 0.15) is 19.8 Å². The van der Waals surface area contributed by atoms with Crippen molar-refractivity contribution in [2.24, 2.45) is 0 Å². The summed E-state index contributed by atoms with van der Waals surface area (Å²) in [6.45, 7) is 2.37. The number of hydrogen-bond acceptors (Lipinski definition) is 5. The molecule has 1 fully saturated rings. The molecule has 7 nitrogen and oxygen atoms in total. The van der Waals surface area contributed by atoms with Crippen LogP contribution in [0.5, 0.6) is 0 Å². The molecule has 0 radical (unpaired) electrons. The minimum atomic E-state index is -0.579. The second-order valence-corrected chi connectivity index (χ2v) is 5.04. The van der Waals surface area contributed by atoms with Crippen LogP contribution < -0.4 is 10.2 Å². The van der Waals surface area contributed by atoms with Crippen molar-refractivity contribution >= 4 is 29.2 Å². The van der Waals surface area contributed by atoms with E-state index in [4.69, 9.17) is 9.47 Å². The van der Waals surface area contributed by atoms with Gasteiger partial charge in [0.05, 0.1) is 0 Å². The molecule has 0 spiro atoms. The number of nitrogens with zero attached hydrogens (tertiary/aromatic N) is 1. The highest BCUT2D eigenvalue weighted by Gasteiger charge is 2.21. The van der Waals surface area contributed by atoms with Crippen LogP contribution in [0, 0.1) is 0 Å². The predicted molar refractivity (Wildman–Crippen MR) is 84.1 cm³/mol. The van der Waals surface area contributed by atoms with Crippen molar-refractivity contribution in [3.63, 3.8) is 0 Å². The number of carbonyl (C=O) groups is 3. The summed E-state index contributed by atoms with van der Waals surface area (Å²) < 4.78 is 9.65. The van der Waals surface area contributed by atoms with Gasteiger partial charge in [0.15, 0.2) is 6.61 Å². The maximum absolute atomic E-state index is 11.7.